The largest absolute Gasteiger partial charge is 0.491 e. The van der Waals surface area contributed by atoms with E-state index in [0.717, 1.165) is 22.4 Å². The van der Waals surface area contributed by atoms with Crippen molar-refractivity contribution in [2.24, 2.45) is 5.84 Å². The first-order chi connectivity index (χ1) is 9.61. The van der Waals surface area contributed by atoms with Crippen LogP contribution in [0.5, 0.6) is 5.75 Å². The van der Waals surface area contributed by atoms with Crippen LogP contribution in [0.4, 0.5) is 0 Å². The fourth-order valence-electron chi connectivity index (χ4n) is 2.18. The number of ether oxygens (including phenoxy) is 1. The minimum absolute atomic E-state index is 0.0978. The molecule has 4 heteroatoms. The summed E-state index contributed by atoms with van der Waals surface area (Å²) >= 11 is 0. The molecule has 1 aromatic carbocycles. The topological polar surface area (TPSA) is 60.2 Å². The third-order valence-electron chi connectivity index (χ3n) is 3.12. The lowest BCUT2D eigenvalue weighted by molar-refractivity contribution is 0.242. The van der Waals surface area contributed by atoms with Gasteiger partial charge in [0.1, 0.15) is 5.75 Å². The molecule has 20 heavy (non-hydrogen) atoms. The van der Waals surface area contributed by atoms with E-state index in [1.807, 2.05) is 50.4 Å². The first kappa shape index (κ1) is 14.5. The Morgan fingerprint density at radius 1 is 1.25 bits per heavy atom. The molecule has 1 unspecified atom stereocenters. The van der Waals surface area contributed by atoms with Crippen LogP contribution in [0.25, 0.3) is 0 Å². The van der Waals surface area contributed by atoms with Gasteiger partial charge in [-0.25, -0.2) is 5.43 Å². The molecule has 106 valence electrons. The van der Waals surface area contributed by atoms with Gasteiger partial charge in [-0.1, -0.05) is 12.1 Å². The molecule has 0 spiro atoms. The lowest BCUT2D eigenvalue weighted by atomic mass is 9.97. The van der Waals surface area contributed by atoms with Crippen LogP contribution in [0.15, 0.2) is 42.7 Å². The van der Waals surface area contributed by atoms with Crippen molar-refractivity contribution in [2.45, 2.75) is 32.9 Å². The van der Waals surface area contributed by atoms with E-state index < -0.39 is 0 Å². The SMILES string of the molecule is Cc1ccncc1C(NN)c1cccc(OC(C)C)c1. The first-order valence-corrected chi connectivity index (χ1v) is 6.75. The molecule has 0 saturated carbocycles. The Labute approximate surface area is 120 Å². The van der Waals surface area contributed by atoms with Gasteiger partial charge in [0, 0.05) is 12.4 Å². The van der Waals surface area contributed by atoms with E-state index in [9.17, 15) is 0 Å². The average molecular weight is 271 g/mol. The summed E-state index contributed by atoms with van der Waals surface area (Å²) in [5, 5.41) is 0. The quantitative estimate of drug-likeness (QED) is 0.648. The van der Waals surface area contributed by atoms with Crippen molar-refractivity contribution in [2.75, 3.05) is 0 Å². The van der Waals surface area contributed by atoms with Crippen LogP contribution in [0.3, 0.4) is 0 Å². The van der Waals surface area contributed by atoms with Crippen molar-refractivity contribution in [3.05, 3.63) is 59.4 Å². The standard InChI is InChI=1S/C16H21N3O/c1-11(2)20-14-6-4-5-13(9-14)16(19-17)15-10-18-8-7-12(15)3/h4-11,16,19H,17H2,1-3H3. The van der Waals surface area contributed by atoms with Gasteiger partial charge >= 0.3 is 0 Å². The number of aromatic nitrogens is 1. The Bertz CT molecular complexity index is 569. The third kappa shape index (κ3) is 3.35. The first-order valence-electron chi connectivity index (χ1n) is 6.75. The van der Waals surface area contributed by atoms with Crippen LogP contribution in [0.1, 0.15) is 36.6 Å². The molecule has 0 aliphatic rings. The molecule has 0 radical (unpaired) electrons. The highest BCUT2D eigenvalue weighted by Crippen LogP contribution is 2.26. The summed E-state index contributed by atoms with van der Waals surface area (Å²) in [7, 11) is 0. The number of nitrogens with two attached hydrogens (primary N) is 1. The van der Waals surface area contributed by atoms with Gasteiger partial charge in [0.25, 0.3) is 0 Å². The smallest absolute Gasteiger partial charge is 0.120 e. The van der Waals surface area contributed by atoms with Gasteiger partial charge in [-0.15, -0.1) is 0 Å². The molecule has 0 bridgehead atoms. The minimum Gasteiger partial charge on any atom is -0.491 e. The molecule has 0 aliphatic heterocycles. The summed E-state index contributed by atoms with van der Waals surface area (Å²) in [6.07, 6.45) is 3.77. The highest BCUT2D eigenvalue weighted by atomic mass is 16.5. The Hall–Kier alpha value is -1.91. The average Bonchev–Trinajstić information content (AvgIpc) is 2.41. The summed E-state index contributed by atoms with van der Waals surface area (Å²) in [4.78, 5) is 4.18. The van der Waals surface area contributed by atoms with Gasteiger partial charge in [0.05, 0.1) is 12.1 Å². The van der Waals surface area contributed by atoms with E-state index in [4.69, 9.17) is 10.6 Å². The molecular weight excluding hydrogens is 250 g/mol. The fraction of sp³-hybridized carbons (Fsp3) is 0.312. The third-order valence-corrected chi connectivity index (χ3v) is 3.12. The summed E-state index contributed by atoms with van der Waals surface area (Å²) in [6, 6.07) is 9.85. The van der Waals surface area contributed by atoms with Crippen LogP contribution < -0.4 is 16.0 Å². The number of pyridine rings is 1. The predicted octanol–water partition coefficient (Wildman–Crippen LogP) is 2.73. The Morgan fingerprint density at radius 2 is 2.05 bits per heavy atom. The normalized spacial score (nSPS) is 12.4. The number of nitrogens with zero attached hydrogens (tertiary/aromatic N) is 1. The highest BCUT2D eigenvalue weighted by molar-refractivity contribution is 5.38. The number of hydrazine groups is 1. The highest BCUT2D eigenvalue weighted by Gasteiger charge is 2.15. The summed E-state index contributed by atoms with van der Waals surface area (Å²) < 4.78 is 5.73. The number of hydrogen-bond donors (Lipinski definition) is 2. The van der Waals surface area contributed by atoms with Gasteiger partial charge < -0.3 is 4.74 Å². The Morgan fingerprint density at radius 3 is 2.70 bits per heavy atom. The molecule has 0 amide bonds. The molecule has 0 aliphatic carbocycles. The number of benzene rings is 1. The number of aryl methyl sites for hydroxylation is 1. The number of rotatable bonds is 5. The molecular formula is C16H21N3O. The molecule has 0 fully saturated rings. The summed E-state index contributed by atoms with van der Waals surface area (Å²) in [6.45, 7) is 6.07. The van der Waals surface area contributed by atoms with E-state index in [1.54, 1.807) is 6.20 Å². The zero-order chi connectivity index (χ0) is 14.5. The van der Waals surface area contributed by atoms with Crippen molar-refractivity contribution >= 4 is 0 Å². The van der Waals surface area contributed by atoms with E-state index in [0.29, 0.717) is 0 Å². The minimum atomic E-state index is -0.0978. The van der Waals surface area contributed by atoms with Gasteiger partial charge in [0.15, 0.2) is 0 Å². The maximum absolute atomic E-state index is 5.74. The van der Waals surface area contributed by atoms with Crippen LogP contribution in [0.2, 0.25) is 0 Å². The second kappa shape index (κ2) is 6.50. The number of hydrogen-bond acceptors (Lipinski definition) is 4. The molecule has 1 atom stereocenters. The van der Waals surface area contributed by atoms with Crippen molar-refractivity contribution in [3.63, 3.8) is 0 Å². The lowest BCUT2D eigenvalue weighted by Gasteiger charge is -2.19. The van der Waals surface area contributed by atoms with Crippen molar-refractivity contribution in [1.29, 1.82) is 0 Å². The van der Waals surface area contributed by atoms with Crippen LogP contribution in [-0.4, -0.2) is 11.1 Å². The molecule has 0 saturated heterocycles. The second-order valence-corrected chi connectivity index (χ2v) is 5.07. The van der Waals surface area contributed by atoms with E-state index >= 15 is 0 Å². The zero-order valence-corrected chi connectivity index (χ0v) is 12.1. The molecule has 2 aromatic rings. The van der Waals surface area contributed by atoms with E-state index in [-0.39, 0.29) is 12.1 Å². The molecule has 1 heterocycles. The van der Waals surface area contributed by atoms with Crippen LogP contribution in [0, 0.1) is 6.92 Å². The van der Waals surface area contributed by atoms with Crippen molar-refractivity contribution < 1.29 is 4.74 Å². The van der Waals surface area contributed by atoms with Crippen molar-refractivity contribution in [3.8, 4) is 5.75 Å². The molecule has 3 N–H and O–H groups in total. The van der Waals surface area contributed by atoms with Crippen molar-refractivity contribution in [1.82, 2.24) is 10.4 Å². The maximum atomic E-state index is 5.74. The lowest BCUT2D eigenvalue weighted by Crippen LogP contribution is -2.29. The molecule has 4 nitrogen and oxygen atoms in total. The monoisotopic (exact) mass is 271 g/mol. The van der Waals surface area contributed by atoms with Gasteiger partial charge in [-0.2, -0.15) is 0 Å². The predicted molar refractivity (Wildman–Crippen MR) is 80.3 cm³/mol. The zero-order valence-electron chi connectivity index (χ0n) is 12.1. The van der Waals surface area contributed by atoms with Gasteiger partial charge in [0.2, 0.25) is 0 Å². The summed E-state index contributed by atoms with van der Waals surface area (Å²) in [5.74, 6) is 6.59. The van der Waals surface area contributed by atoms with E-state index in [1.165, 1.54) is 0 Å². The Kier molecular flexibility index (Phi) is 4.71. The van der Waals surface area contributed by atoms with Gasteiger partial charge in [-0.3, -0.25) is 10.8 Å². The van der Waals surface area contributed by atoms with Gasteiger partial charge in [-0.05, 0) is 55.7 Å². The Balaban J connectivity index is 2.35. The van der Waals surface area contributed by atoms with Crippen LogP contribution in [-0.2, 0) is 0 Å². The summed E-state index contributed by atoms with van der Waals surface area (Å²) in [5.41, 5.74) is 6.14. The maximum Gasteiger partial charge on any atom is 0.120 e. The molecule has 1 aromatic heterocycles. The van der Waals surface area contributed by atoms with E-state index in [2.05, 4.69) is 17.3 Å². The second-order valence-electron chi connectivity index (χ2n) is 5.07. The fourth-order valence-corrected chi connectivity index (χ4v) is 2.18. The number of nitrogens with one attached hydrogen (secondary N) is 1. The molecule has 2 rings (SSSR count). The van der Waals surface area contributed by atoms with Crippen LogP contribution >= 0.6 is 0 Å².